The van der Waals surface area contributed by atoms with E-state index in [-0.39, 0.29) is 17.2 Å². The first-order valence-corrected chi connectivity index (χ1v) is 10.9. The molecule has 0 saturated heterocycles. The van der Waals surface area contributed by atoms with Crippen molar-refractivity contribution in [2.75, 3.05) is 11.1 Å². The Bertz CT molecular complexity index is 1240. The van der Waals surface area contributed by atoms with E-state index in [1.54, 1.807) is 54.0 Å². The number of nitrogens with zero attached hydrogens (tertiary/aromatic N) is 3. The molecule has 0 bridgehead atoms. The maximum absolute atomic E-state index is 13.2. The maximum atomic E-state index is 13.2. The maximum Gasteiger partial charge on any atom is 0.266 e. The molecule has 146 valence electrons. The second-order valence-electron chi connectivity index (χ2n) is 5.85. The monoisotopic (exact) mass is 462 g/mol. The Morgan fingerprint density at radius 1 is 1.17 bits per heavy atom. The van der Waals surface area contributed by atoms with E-state index >= 15 is 0 Å². The number of rotatable bonds is 5. The lowest BCUT2D eigenvalue weighted by atomic mass is 10.2. The molecule has 2 heterocycles. The molecule has 0 atom stereocenters. The van der Waals surface area contributed by atoms with Gasteiger partial charge >= 0.3 is 0 Å². The molecule has 0 aliphatic rings. The number of amides is 1. The summed E-state index contributed by atoms with van der Waals surface area (Å²) in [6.07, 6.45) is 1.61. The summed E-state index contributed by atoms with van der Waals surface area (Å²) >= 11 is 14.7. The number of aromatic nitrogens is 3. The zero-order chi connectivity index (χ0) is 20.4. The molecule has 0 unspecified atom stereocenters. The number of carbonyl (C=O) groups excluding carboxylic acids is 1. The van der Waals surface area contributed by atoms with Crippen LogP contribution < -0.4 is 10.9 Å². The summed E-state index contributed by atoms with van der Waals surface area (Å²) in [7, 11) is 0. The van der Waals surface area contributed by atoms with E-state index in [0.29, 0.717) is 36.9 Å². The van der Waals surface area contributed by atoms with Gasteiger partial charge in [0.05, 0.1) is 22.3 Å². The summed E-state index contributed by atoms with van der Waals surface area (Å²) < 4.78 is 1.42. The summed E-state index contributed by atoms with van der Waals surface area (Å²) in [5.74, 6) is -0.193. The van der Waals surface area contributed by atoms with Crippen molar-refractivity contribution in [3.05, 3.63) is 74.4 Å². The number of para-hydroxylation sites is 1. The quantitative estimate of drug-likeness (QED) is 0.337. The predicted molar refractivity (Wildman–Crippen MR) is 119 cm³/mol. The fraction of sp³-hybridized carbons (Fsp3) is 0.0526. The van der Waals surface area contributed by atoms with Gasteiger partial charge in [-0.3, -0.25) is 14.2 Å². The number of hydrogen-bond donors (Lipinski definition) is 1. The van der Waals surface area contributed by atoms with Crippen molar-refractivity contribution in [3.8, 4) is 5.69 Å². The van der Waals surface area contributed by atoms with Gasteiger partial charge < -0.3 is 5.32 Å². The average molecular weight is 463 g/mol. The van der Waals surface area contributed by atoms with E-state index in [2.05, 4.69) is 15.3 Å². The van der Waals surface area contributed by atoms with Crippen LogP contribution in [0, 0.1) is 0 Å². The molecule has 0 aliphatic carbocycles. The van der Waals surface area contributed by atoms with Crippen LogP contribution in [0.1, 0.15) is 0 Å². The largest absolute Gasteiger partial charge is 0.301 e. The standard InChI is InChI=1S/C19H12Cl2N4O2S2/c20-11-7-12(21)9-13(8-11)25-17(27)14-3-1-2-4-15(14)23-19(25)29-10-16(26)24-18-22-5-6-28-18/h1-9H,10H2,(H,22,24,26). The van der Waals surface area contributed by atoms with Crippen molar-refractivity contribution in [2.45, 2.75) is 5.16 Å². The molecule has 0 fully saturated rings. The molecule has 29 heavy (non-hydrogen) atoms. The first-order valence-electron chi connectivity index (χ1n) is 8.31. The van der Waals surface area contributed by atoms with Gasteiger partial charge in [-0.15, -0.1) is 11.3 Å². The van der Waals surface area contributed by atoms with Crippen molar-refractivity contribution in [1.29, 1.82) is 0 Å². The number of anilines is 1. The lowest BCUT2D eigenvalue weighted by molar-refractivity contribution is -0.113. The predicted octanol–water partition coefficient (Wildman–Crippen LogP) is 4.88. The molecule has 1 N–H and O–H groups in total. The fourth-order valence-corrected chi connectivity index (χ4v) is 4.55. The van der Waals surface area contributed by atoms with Gasteiger partial charge in [0.25, 0.3) is 5.56 Å². The Labute approximate surface area is 183 Å². The molecule has 10 heteroatoms. The highest BCUT2D eigenvalue weighted by Crippen LogP contribution is 2.26. The minimum Gasteiger partial charge on any atom is -0.301 e. The Morgan fingerprint density at radius 2 is 1.93 bits per heavy atom. The van der Waals surface area contributed by atoms with Crippen LogP contribution >= 0.6 is 46.3 Å². The average Bonchev–Trinajstić information content (AvgIpc) is 3.18. The first-order chi connectivity index (χ1) is 14.0. The van der Waals surface area contributed by atoms with Crippen LogP contribution in [-0.2, 0) is 4.79 Å². The second kappa shape index (κ2) is 8.54. The molecule has 2 aromatic carbocycles. The van der Waals surface area contributed by atoms with Gasteiger partial charge in [-0.2, -0.15) is 0 Å². The third-order valence-corrected chi connectivity index (χ3v) is 5.93. The van der Waals surface area contributed by atoms with Crippen molar-refractivity contribution in [3.63, 3.8) is 0 Å². The van der Waals surface area contributed by atoms with Crippen LogP contribution in [0.3, 0.4) is 0 Å². The van der Waals surface area contributed by atoms with Crippen LogP contribution in [0.2, 0.25) is 10.0 Å². The van der Waals surface area contributed by atoms with Gasteiger partial charge in [-0.05, 0) is 30.3 Å². The molecule has 6 nitrogen and oxygen atoms in total. The zero-order valence-electron chi connectivity index (χ0n) is 14.6. The Balaban J connectivity index is 1.75. The number of benzene rings is 2. The normalized spacial score (nSPS) is 11.0. The smallest absolute Gasteiger partial charge is 0.266 e. The third kappa shape index (κ3) is 4.45. The van der Waals surface area contributed by atoms with Gasteiger partial charge in [0, 0.05) is 21.6 Å². The van der Waals surface area contributed by atoms with Gasteiger partial charge in [-0.1, -0.05) is 47.1 Å². The molecule has 1 amide bonds. The van der Waals surface area contributed by atoms with Gasteiger partial charge in [0.1, 0.15) is 0 Å². The molecule has 2 aromatic heterocycles. The number of fused-ring (bicyclic) bond motifs is 1. The van der Waals surface area contributed by atoms with Crippen LogP contribution in [0.25, 0.3) is 16.6 Å². The van der Waals surface area contributed by atoms with Crippen molar-refractivity contribution in [1.82, 2.24) is 14.5 Å². The van der Waals surface area contributed by atoms with Gasteiger partial charge in [0.2, 0.25) is 5.91 Å². The molecule has 0 radical (unpaired) electrons. The fourth-order valence-electron chi connectivity index (χ4n) is 2.68. The number of halogens is 2. The molecule has 4 rings (SSSR count). The molecule has 0 aliphatic heterocycles. The number of thioether (sulfide) groups is 1. The number of hydrogen-bond acceptors (Lipinski definition) is 6. The highest BCUT2D eigenvalue weighted by atomic mass is 35.5. The first kappa shape index (κ1) is 19.9. The topological polar surface area (TPSA) is 76.9 Å². The van der Waals surface area contributed by atoms with Crippen LogP contribution in [-0.4, -0.2) is 26.2 Å². The number of thiazole rings is 1. The van der Waals surface area contributed by atoms with Crippen molar-refractivity contribution in [2.24, 2.45) is 0 Å². The van der Waals surface area contributed by atoms with E-state index in [1.165, 1.54) is 15.9 Å². The second-order valence-corrected chi connectivity index (χ2v) is 8.56. The zero-order valence-corrected chi connectivity index (χ0v) is 17.8. The minimum atomic E-state index is -0.267. The van der Waals surface area contributed by atoms with E-state index in [9.17, 15) is 9.59 Å². The Hall–Kier alpha value is -2.39. The summed E-state index contributed by atoms with van der Waals surface area (Å²) in [6.45, 7) is 0. The summed E-state index contributed by atoms with van der Waals surface area (Å²) in [5.41, 5.74) is 0.759. The van der Waals surface area contributed by atoms with E-state index in [0.717, 1.165) is 11.8 Å². The number of carbonyl (C=O) groups is 1. The van der Waals surface area contributed by atoms with Crippen LogP contribution in [0.5, 0.6) is 0 Å². The number of nitrogens with one attached hydrogen (secondary N) is 1. The minimum absolute atomic E-state index is 0.0542. The lowest BCUT2D eigenvalue weighted by Crippen LogP contribution is -2.23. The Morgan fingerprint density at radius 3 is 2.66 bits per heavy atom. The van der Waals surface area contributed by atoms with Crippen molar-refractivity contribution < 1.29 is 4.79 Å². The SMILES string of the molecule is O=C(CSc1nc2ccccc2c(=O)n1-c1cc(Cl)cc(Cl)c1)Nc1nccs1. The summed E-state index contributed by atoms with van der Waals surface area (Å²) in [5, 5.41) is 6.61. The third-order valence-electron chi connectivity index (χ3n) is 3.86. The van der Waals surface area contributed by atoms with E-state index in [1.807, 2.05) is 0 Å². The van der Waals surface area contributed by atoms with E-state index in [4.69, 9.17) is 23.2 Å². The van der Waals surface area contributed by atoms with Crippen molar-refractivity contribution >= 4 is 68.2 Å². The molecule has 0 spiro atoms. The van der Waals surface area contributed by atoms with Gasteiger partial charge in [0.15, 0.2) is 10.3 Å². The van der Waals surface area contributed by atoms with Gasteiger partial charge in [-0.25, -0.2) is 9.97 Å². The molecule has 0 saturated carbocycles. The Kier molecular flexibility index (Phi) is 5.86. The van der Waals surface area contributed by atoms with Crippen LogP contribution in [0.4, 0.5) is 5.13 Å². The highest BCUT2D eigenvalue weighted by Gasteiger charge is 2.16. The van der Waals surface area contributed by atoms with E-state index < -0.39 is 0 Å². The summed E-state index contributed by atoms with van der Waals surface area (Å²) in [6, 6.07) is 11.9. The molecule has 4 aromatic rings. The lowest BCUT2D eigenvalue weighted by Gasteiger charge is -2.13. The van der Waals surface area contributed by atoms with Crippen LogP contribution in [0.15, 0.2) is 64.0 Å². The molecular formula is C19H12Cl2N4O2S2. The summed E-state index contributed by atoms with van der Waals surface area (Å²) in [4.78, 5) is 34.1. The highest BCUT2D eigenvalue weighted by molar-refractivity contribution is 7.99. The molecular weight excluding hydrogens is 451 g/mol.